The number of nitrogens with one attached hydrogen (secondary N) is 1. The van der Waals surface area contributed by atoms with Crippen molar-refractivity contribution in [2.24, 2.45) is 0 Å². The van der Waals surface area contributed by atoms with Crippen LogP contribution in [0.1, 0.15) is 40.5 Å². The molecule has 0 radical (unpaired) electrons. The van der Waals surface area contributed by atoms with Crippen molar-refractivity contribution >= 4 is 5.91 Å². The van der Waals surface area contributed by atoms with Crippen molar-refractivity contribution in [2.75, 3.05) is 19.9 Å². The van der Waals surface area contributed by atoms with Gasteiger partial charge in [0, 0.05) is 6.42 Å². The predicted molar refractivity (Wildman–Crippen MR) is 80.2 cm³/mol. The van der Waals surface area contributed by atoms with Crippen LogP contribution in [0.15, 0.2) is 0 Å². The minimum atomic E-state index is -0.444. The van der Waals surface area contributed by atoms with Gasteiger partial charge in [0.05, 0.1) is 37.9 Å². The number of amides is 1. The molecular formula is C15H29NO6. The van der Waals surface area contributed by atoms with E-state index < -0.39 is 6.29 Å². The Morgan fingerprint density at radius 3 is 2.64 bits per heavy atom. The first-order chi connectivity index (χ1) is 10.4. The monoisotopic (exact) mass is 319 g/mol. The third kappa shape index (κ3) is 7.51. The van der Waals surface area contributed by atoms with Crippen LogP contribution in [0, 0.1) is 0 Å². The van der Waals surface area contributed by atoms with Crippen LogP contribution in [0.5, 0.6) is 0 Å². The zero-order valence-electron chi connectivity index (χ0n) is 13.9. The van der Waals surface area contributed by atoms with Gasteiger partial charge in [-0.1, -0.05) is 0 Å². The first-order valence-electron chi connectivity index (χ1n) is 7.84. The summed E-state index contributed by atoms with van der Waals surface area (Å²) >= 11 is 0. The lowest BCUT2D eigenvalue weighted by atomic mass is 10.2. The van der Waals surface area contributed by atoms with Crippen LogP contribution in [-0.2, 0) is 23.7 Å². The summed E-state index contributed by atoms with van der Waals surface area (Å²) in [6, 6.07) is 0. The third-order valence-corrected chi connectivity index (χ3v) is 3.11. The summed E-state index contributed by atoms with van der Waals surface area (Å²) in [7, 11) is 0. The Kier molecular flexibility index (Phi) is 8.89. The quantitative estimate of drug-likeness (QED) is 0.579. The van der Waals surface area contributed by atoms with Crippen molar-refractivity contribution in [3.8, 4) is 0 Å². The number of ether oxygens (including phenoxy) is 4. The van der Waals surface area contributed by atoms with Crippen LogP contribution in [0.2, 0.25) is 0 Å². The summed E-state index contributed by atoms with van der Waals surface area (Å²) in [6.07, 6.45) is -0.0584. The van der Waals surface area contributed by atoms with Crippen molar-refractivity contribution in [1.82, 2.24) is 5.32 Å². The number of rotatable bonds is 10. The molecule has 1 rings (SSSR count). The predicted octanol–water partition coefficient (Wildman–Crippen LogP) is 0.793. The zero-order valence-corrected chi connectivity index (χ0v) is 13.9. The molecule has 0 saturated carbocycles. The van der Waals surface area contributed by atoms with Gasteiger partial charge in [0.25, 0.3) is 0 Å². The highest BCUT2D eigenvalue weighted by molar-refractivity contribution is 5.75. The maximum absolute atomic E-state index is 11.6. The van der Waals surface area contributed by atoms with Gasteiger partial charge < -0.3 is 29.4 Å². The fourth-order valence-corrected chi connectivity index (χ4v) is 2.10. The van der Waals surface area contributed by atoms with E-state index in [9.17, 15) is 9.90 Å². The Morgan fingerprint density at radius 1 is 1.32 bits per heavy atom. The molecule has 0 aromatic rings. The Hall–Kier alpha value is -0.730. The van der Waals surface area contributed by atoms with E-state index in [1.165, 1.54) is 0 Å². The minimum Gasteiger partial charge on any atom is -0.394 e. The molecule has 1 saturated heterocycles. The third-order valence-electron chi connectivity index (χ3n) is 3.11. The van der Waals surface area contributed by atoms with Gasteiger partial charge in [0.2, 0.25) is 5.91 Å². The molecule has 1 aliphatic rings. The number of aliphatic hydroxyl groups excluding tert-OH is 1. The van der Waals surface area contributed by atoms with Gasteiger partial charge in [-0.05, 0) is 27.7 Å². The molecule has 0 spiro atoms. The molecule has 1 fully saturated rings. The maximum Gasteiger partial charge on any atom is 0.224 e. The lowest BCUT2D eigenvalue weighted by Crippen LogP contribution is -2.30. The average Bonchev–Trinajstić information content (AvgIpc) is 2.79. The summed E-state index contributed by atoms with van der Waals surface area (Å²) in [4.78, 5) is 11.6. The molecule has 130 valence electrons. The molecule has 3 unspecified atom stereocenters. The summed E-state index contributed by atoms with van der Waals surface area (Å²) in [6.45, 7) is 8.03. The maximum atomic E-state index is 11.6. The van der Waals surface area contributed by atoms with Crippen molar-refractivity contribution in [3.63, 3.8) is 0 Å². The van der Waals surface area contributed by atoms with Gasteiger partial charge in [-0.2, -0.15) is 0 Å². The number of carbonyl (C=O) groups excluding carboxylic acids is 1. The van der Waals surface area contributed by atoms with Crippen LogP contribution < -0.4 is 5.32 Å². The van der Waals surface area contributed by atoms with E-state index in [1.54, 1.807) is 0 Å². The van der Waals surface area contributed by atoms with Crippen molar-refractivity contribution in [3.05, 3.63) is 0 Å². The van der Waals surface area contributed by atoms with Gasteiger partial charge in [-0.15, -0.1) is 0 Å². The van der Waals surface area contributed by atoms with Gasteiger partial charge in [-0.25, -0.2) is 0 Å². The fraction of sp³-hybridized carbons (Fsp3) is 0.933. The Balaban J connectivity index is 2.18. The largest absolute Gasteiger partial charge is 0.394 e. The van der Waals surface area contributed by atoms with Crippen LogP contribution >= 0.6 is 0 Å². The van der Waals surface area contributed by atoms with E-state index in [0.29, 0.717) is 6.42 Å². The average molecular weight is 319 g/mol. The van der Waals surface area contributed by atoms with Gasteiger partial charge in [0.15, 0.2) is 6.29 Å². The topological polar surface area (TPSA) is 86.3 Å². The van der Waals surface area contributed by atoms with E-state index in [0.717, 1.165) is 0 Å². The summed E-state index contributed by atoms with van der Waals surface area (Å²) < 4.78 is 22.0. The molecule has 1 aliphatic heterocycles. The summed E-state index contributed by atoms with van der Waals surface area (Å²) in [5.41, 5.74) is 0. The Labute approximate surface area is 132 Å². The van der Waals surface area contributed by atoms with E-state index in [4.69, 9.17) is 18.9 Å². The zero-order chi connectivity index (χ0) is 16.5. The van der Waals surface area contributed by atoms with Crippen molar-refractivity contribution in [1.29, 1.82) is 0 Å². The highest BCUT2D eigenvalue weighted by Gasteiger charge is 2.36. The Morgan fingerprint density at radius 2 is 2.05 bits per heavy atom. The normalized spacial score (nSPS) is 25.1. The second-order valence-electron chi connectivity index (χ2n) is 5.83. The smallest absolute Gasteiger partial charge is 0.224 e. The first kappa shape index (κ1) is 19.3. The molecule has 3 atom stereocenters. The van der Waals surface area contributed by atoms with Gasteiger partial charge in [0.1, 0.15) is 12.8 Å². The first-order valence-corrected chi connectivity index (χ1v) is 7.84. The van der Waals surface area contributed by atoms with Gasteiger partial charge >= 0.3 is 0 Å². The number of aliphatic hydroxyl groups is 1. The lowest BCUT2D eigenvalue weighted by molar-refractivity contribution is -0.150. The summed E-state index contributed by atoms with van der Waals surface area (Å²) in [5.74, 6) is -0.132. The molecule has 7 heteroatoms. The highest BCUT2D eigenvalue weighted by atomic mass is 16.7. The highest BCUT2D eigenvalue weighted by Crippen LogP contribution is 2.25. The number of carbonyl (C=O) groups is 1. The minimum absolute atomic E-state index is 0.0631. The van der Waals surface area contributed by atoms with Crippen molar-refractivity contribution < 1.29 is 28.8 Å². The molecule has 22 heavy (non-hydrogen) atoms. The number of hydrogen-bond acceptors (Lipinski definition) is 6. The second kappa shape index (κ2) is 10.1. The molecule has 0 aliphatic carbocycles. The Bertz CT molecular complexity index is 323. The van der Waals surface area contributed by atoms with Crippen LogP contribution in [-0.4, -0.2) is 61.7 Å². The number of hydrogen-bond donors (Lipinski definition) is 2. The van der Waals surface area contributed by atoms with Crippen LogP contribution in [0.3, 0.4) is 0 Å². The van der Waals surface area contributed by atoms with Gasteiger partial charge in [-0.3, -0.25) is 4.79 Å². The van der Waals surface area contributed by atoms with Crippen molar-refractivity contribution in [2.45, 2.75) is 71.2 Å². The standard InChI is InChI=1S/C15H29NO6/c1-10(2)20-9-16-14(18)5-6-19-15-7-12(21-11(3)4)13(8-17)22-15/h10-13,15,17H,5-9H2,1-4H3,(H,16,18). The SMILES string of the molecule is CC(C)OCNC(=O)CCOC1CC(OC(C)C)C(CO)O1. The fourth-order valence-electron chi connectivity index (χ4n) is 2.10. The molecular weight excluding hydrogens is 290 g/mol. The molecule has 7 nitrogen and oxygen atoms in total. The summed E-state index contributed by atoms with van der Waals surface area (Å²) in [5, 5.41) is 11.9. The molecule has 2 N–H and O–H groups in total. The molecule has 0 aromatic carbocycles. The molecule has 0 aromatic heterocycles. The molecule has 1 amide bonds. The molecule has 0 bridgehead atoms. The van der Waals surface area contributed by atoms with E-state index in [1.807, 2.05) is 27.7 Å². The van der Waals surface area contributed by atoms with Crippen LogP contribution in [0.4, 0.5) is 0 Å². The second-order valence-corrected chi connectivity index (χ2v) is 5.83. The van der Waals surface area contributed by atoms with E-state index in [-0.39, 0.29) is 56.7 Å². The van der Waals surface area contributed by atoms with Crippen LogP contribution in [0.25, 0.3) is 0 Å². The molecule has 1 heterocycles. The lowest BCUT2D eigenvalue weighted by Gasteiger charge is -2.18. The van der Waals surface area contributed by atoms with E-state index in [2.05, 4.69) is 5.32 Å². The van der Waals surface area contributed by atoms with E-state index >= 15 is 0 Å².